The number of hydrogen-bond donors (Lipinski definition) is 1. The van der Waals surface area contributed by atoms with Gasteiger partial charge in [0.15, 0.2) is 0 Å². The van der Waals surface area contributed by atoms with E-state index < -0.39 is 0 Å². The largest absolute Gasteiger partial charge is 0.305 e. The van der Waals surface area contributed by atoms with Gasteiger partial charge in [-0.15, -0.1) is 11.3 Å². The summed E-state index contributed by atoms with van der Waals surface area (Å²) in [5.41, 5.74) is 2.30. The first-order valence-corrected chi connectivity index (χ1v) is 8.10. The van der Waals surface area contributed by atoms with Crippen LogP contribution in [0.4, 0.5) is 0 Å². The number of aromatic nitrogens is 2. The molecule has 1 aromatic carbocycles. The molecule has 0 spiro atoms. The molecule has 2 heterocycles. The summed E-state index contributed by atoms with van der Waals surface area (Å²) in [5.74, 6) is 0. The number of fused-ring (bicyclic) bond motifs is 1. The number of benzene rings is 1. The maximum atomic E-state index is 4.59. The second-order valence-corrected chi connectivity index (χ2v) is 6.36. The fourth-order valence-corrected chi connectivity index (χ4v) is 3.40. The molecular formula is C17H19N3S. The smallest absolute Gasteiger partial charge is 0.0897 e. The van der Waals surface area contributed by atoms with Crippen molar-refractivity contribution in [1.29, 1.82) is 0 Å². The summed E-state index contributed by atoms with van der Waals surface area (Å²) in [6.07, 6.45) is 4.95. The predicted octanol–water partition coefficient (Wildman–Crippen LogP) is 4.09. The fourth-order valence-electron chi connectivity index (χ4n) is 2.52. The van der Waals surface area contributed by atoms with Gasteiger partial charge in [0.2, 0.25) is 0 Å². The molecule has 3 aromatic rings. The Morgan fingerprint density at radius 2 is 2.05 bits per heavy atom. The third-order valence-electron chi connectivity index (χ3n) is 3.50. The van der Waals surface area contributed by atoms with E-state index in [-0.39, 0.29) is 6.04 Å². The van der Waals surface area contributed by atoms with Gasteiger partial charge in [0.1, 0.15) is 0 Å². The van der Waals surface area contributed by atoms with Gasteiger partial charge in [0, 0.05) is 28.2 Å². The average molecular weight is 297 g/mol. The molecule has 0 amide bonds. The maximum absolute atomic E-state index is 4.59. The molecule has 108 valence electrons. The van der Waals surface area contributed by atoms with E-state index in [9.17, 15) is 0 Å². The van der Waals surface area contributed by atoms with E-state index in [1.54, 1.807) is 11.3 Å². The molecule has 0 bridgehead atoms. The molecule has 1 unspecified atom stereocenters. The SMILES string of the molecule is CCCNC(c1cnc(C)s1)c1cccc2cccnc12. The van der Waals surface area contributed by atoms with Crippen LogP contribution in [0.3, 0.4) is 0 Å². The quantitative estimate of drug-likeness (QED) is 0.771. The number of nitrogens with one attached hydrogen (secondary N) is 1. The number of hydrogen-bond acceptors (Lipinski definition) is 4. The van der Waals surface area contributed by atoms with Crippen LogP contribution in [-0.4, -0.2) is 16.5 Å². The van der Waals surface area contributed by atoms with Gasteiger partial charge in [0.25, 0.3) is 0 Å². The summed E-state index contributed by atoms with van der Waals surface area (Å²) in [6.45, 7) is 5.21. The lowest BCUT2D eigenvalue weighted by Crippen LogP contribution is -2.22. The third-order valence-corrected chi connectivity index (χ3v) is 4.47. The van der Waals surface area contributed by atoms with Gasteiger partial charge < -0.3 is 5.32 Å². The summed E-state index contributed by atoms with van der Waals surface area (Å²) in [6, 6.07) is 10.6. The molecule has 0 saturated carbocycles. The van der Waals surface area contributed by atoms with Crippen molar-refractivity contribution in [2.45, 2.75) is 26.3 Å². The number of rotatable bonds is 5. The first kappa shape index (κ1) is 14.2. The highest BCUT2D eigenvalue weighted by Crippen LogP contribution is 2.30. The standard InChI is InChI=1S/C17H19N3S/c1-3-9-18-17(15-11-20-12(2)21-15)14-8-4-6-13-7-5-10-19-16(13)14/h4-8,10-11,17-18H,3,9H2,1-2H3. The Labute approximate surface area is 129 Å². The van der Waals surface area contributed by atoms with E-state index in [0.29, 0.717) is 0 Å². The first-order valence-electron chi connectivity index (χ1n) is 7.29. The summed E-state index contributed by atoms with van der Waals surface area (Å²) < 4.78 is 0. The monoisotopic (exact) mass is 297 g/mol. The number of thiazole rings is 1. The zero-order chi connectivity index (χ0) is 14.7. The zero-order valence-electron chi connectivity index (χ0n) is 12.3. The second kappa shape index (κ2) is 6.33. The molecule has 21 heavy (non-hydrogen) atoms. The minimum atomic E-state index is 0.162. The van der Waals surface area contributed by atoms with Crippen LogP contribution in [0, 0.1) is 6.92 Å². The summed E-state index contributed by atoms with van der Waals surface area (Å²) in [7, 11) is 0. The van der Waals surface area contributed by atoms with Gasteiger partial charge in [-0.25, -0.2) is 4.98 Å². The van der Waals surface area contributed by atoms with E-state index in [1.165, 1.54) is 15.8 Å². The van der Waals surface area contributed by atoms with Crippen LogP contribution in [0.5, 0.6) is 0 Å². The highest BCUT2D eigenvalue weighted by Gasteiger charge is 2.18. The van der Waals surface area contributed by atoms with Crippen molar-refractivity contribution in [3.8, 4) is 0 Å². The van der Waals surface area contributed by atoms with Crippen molar-refractivity contribution in [1.82, 2.24) is 15.3 Å². The first-order chi connectivity index (χ1) is 10.3. The molecule has 0 aliphatic heterocycles. The number of aryl methyl sites for hydroxylation is 1. The minimum absolute atomic E-state index is 0.162. The van der Waals surface area contributed by atoms with Gasteiger partial charge in [-0.05, 0) is 26.0 Å². The van der Waals surface area contributed by atoms with Crippen LogP contribution < -0.4 is 5.32 Å². The van der Waals surface area contributed by atoms with Gasteiger partial charge >= 0.3 is 0 Å². The molecule has 2 aromatic heterocycles. The Morgan fingerprint density at radius 3 is 2.81 bits per heavy atom. The topological polar surface area (TPSA) is 37.8 Å². The van der Waals surface area contributed by atoms with Crippen LogP contribution >= 0.6 is 11.3 Å². The lowest BCUT2D eigenvalue weighted by molar-refractivity contribution is 0.607. The summed E-state index contributed by atoms with van der Waals surface area (Å²) >= 11 is 1.75. The van der Waals surface area contributed by atoms with Gasteiger partial charge in [-0.2, -0.15) is 0 Å². The molecule has 1 N–H and O–H groups in total. The molecule has 3 rings (SSSR count). The highest BCUT2D eigenvalue weighted by atomic mass is 32.1. The van der Waals surface area contributed by atoms with Crippen molar-refractivity contribution < 1.29 is 0 Å². The van der Waals surface area contributed by atoms with E-state index in [1.807, 2.05) is 25.4 Å². The molecule has 0 aliphatic rings. The van der Waals surface area contributed by atoms with Gasteiger partial charge in [-0.1, -0.05) is 31.2 Å². The summed E-state index contributed by atoms with van der Waals surface area (Å²) in [5, 5.41) is 5.92. The maximum Gasteiger partial charge on any atom is 0.0897 e. The number of nitrogens with zero attached hydrogens (tertiary/aromatic N) is 2. The van der Waals surface area contributed by atoms with E-state index in [0.717, 1.165) is 23.5 Å². The molecule has 0 fully saturated rings. The van der Waals surface area contributed by atoms with Crippen LogP contribution in [0.25, 0.3) is 10.9 Å². The Morgan fingerprint density at radius 1 is 1.19 bits per heavy atom. The van der Waals surface area contributed by atoms with E-state index in [4.69, 9.17) is 0 Å². The van der Waals surface area contributed by atoms with Crippen molar-refractivity contribution in [3.05, 3.63) is 58.2 Å². The van der Waals surface area contributed by atoms with Crippen LogP contribution in [-0.2, 0) is 0 Å². The lowest BCUT2D eigenvalue weighted by atomic mass is 10.0. The van der Waals surface area contributed by atoms with Crippen molar-refractivity contribution in [2.75, 3.05) is 6.54 Å². The molecule has 0 saturated heterocycles. The summed E-state index contributed by atoms with van der Waals surface area (Å²) in [4.78, 5) is 10.2. The average Bonchev–Trinajstić information content (AvgIpc) is 2.94. The number of para-hydroxylation sites is 1. The zero-order valence-corrected chi connectivity index (χ0v) is 13.2. The van der Waals surface area contributed by atoms with Crippen molar-refractivity contribution >= 4 is 22.2 Å². The van der Waals surface area contributed by atoms with Crippen molar-refractivity contribution in [2.24, 2.45) is 0 Å². The third kappa shape index (κ3) is 2.96. The van der Waals surface area contributed by atoms with Crippen LogP contribution in [0.2, 0.25) is 0 Å². The highest BCUT2D eigenvalue weighted by molar-refractivity contribution is 7.11. The fraction of sp³-hybridized carbons (Fsp3) is 0.294. The Kier molecular flexibility index (Phi) is 4.27. The second-order valence-electron chi connectivity index (χ2n) is 5.09. The molecular weight excluding hydrogens is 278 g/mol. The molecule has 3 nitrogen and oxygen atoms in total. The van der Waals surface area contributed by atoms with Crippen molar-refractivity contribution in [3.63, 3.8) is 0 Å². The van der Waals surface area contributed by atoms with Gasteiger partial charge in [0.05, 0.1) is 16.6 Å². The minimum Gasteiger partial charge on any atom is -0.305 e. The van der Waals surface area contributed by atoms with Crippen LogP contribution in [0.1, 0.15) is 34.8 Å². The molecule has 4 heteroatoms. The normalized spacial score (nSPS) is 12.7. The number of pyridine rings is 1. The molecule has 0 aliphatic carbocycles. The van der Waals surface area contributed by atoms with E-state index >= 15 is 0 Å². The Bertz CT molecular complexity index is 730. The van der Waals surface area contributed by atoms with Gasteiger partial charge in [-0.3, -0.25) is 4.98 Å². The predicted molar refractivity (Wildman–Crippen MR) is 88.7 cm³/mol. The molecule has 1 atom stereocenters. The van der Waals surface area contributed by atoms with Crippen LogP contribution in [0.15, 0.2) is 42.7 Å². The molecule has 0 radical (unpaired) electrons. The Hall–Kier alpha value is -1.78. The lowest BCUT2D eigenvalue weighted by Gasteiger charge is -2.18. The Balaban J connectivity index is 2.09. The van der Waals surface area contributed by atoms with E-state index in [2.05, 4.69) is 46.5 Å².